The smallest absolute Gasteiger partial charge is 0.323 e. The van der Waals surface area contributed by atoms with E-state index in [1.165, 1.54) is 0 Å². The maximum Gasteiger partial charge on any atom is 0.323 e. The van der Waals surface area contributed by atoms with Crippen molar-refractivity contribution in [1.82, 2.24) is 0 Å². The number of phenols is 3. The maximum absolute atomic E-state index is 11.8. The second-order valence-corrected chi connectivity index (χ2v) is 4.26. The molecule has 0 radical (unpaired) electrons. The van der Waals surface area contributed by atoms with Gasteiger partial charge in [0.1, 0.15) is 0 Å². The first-order valence-electron chi connectivity index (χ1n) is 5.86. The molecule has 0 bridgehead atoms. The van der Waals surface area contributed by atoms with E-state index >= 15 is 0 Å². The van der Waals surface area contributed by atoms with Crippen molar-refractivity contribution >= 4 is 17.4 Å². The van der Waals surface area contributed by atoms with Crippen LogP contribution in [0.25, 0.3) is 0 Å². The van der Waals surface area contributed by atoms with Gasteiger partial charge in [0.25, 0.3) is 0 Å². The molecule has 6 heteroatoms. The van der Waals surface area contributed by atoms with Crippen LogP contribution in [0.4, 0.5) is 16.2 Å². The molecule has 2 aromatic carbocycles. The van der Waals surface area contributed by atoms with Crippen molar-refractivity contribution in [3.8, 4) is 17.2 Å². The molecule has 2 rings (SSSR count). The first kappa shape index (κ1) is 13.5. The second kappa shape index (κ2) is 5.40. The number of rotatable bonds is 2. The van der Waals surface area contributed by atoms with Gasteiger partial charge < -0.3 is 26.0 Å². The quantitative estimate of drug-likeness (QED) is 0.429. The zero-order chi connectivity index (χ0) is 14.7. The highest BCUT2D eigenvalue weighted by Crippen LogP contribution is 2.37. The molecule has 0 aliphatic carbocycles. The maximum atomic E-state index is 11.8. The van der Waals surface area contributed by atoms with Gasteiger partial charge in [0.15, 0.2) is 17.2 Å². The van der Waals surface area contributed by atoms with E-state index < -0.39 is 23.3 Å². The number of urea groups is 1. The Kier molecular flexibility index (Phi) is 3.65. The van der Waals surface area contributed by atoms with Crippen molar-refractivity contribution in [2.75, 3.05) is 10.6 Å². The molecular weight excluding hydrogens is 260 g/mol. The van der Waals surface area contributed by atoms with Gasteiger partial charge in [0, 0.05) is 17.8 Å². The average Bonchev–Trinajstić information content (AvgIpc) is 2.38. The van der Waals surface area contributed by atoms with Crippen LogP contribution >= 0.6 is 0 Å². The van der Waals surface area contributed by atoms with E-state index in [0.29, 0.717) is 5.69 Å². The lowest BCUT2D eigenvalue weighted by Gasteiger charge is -2.10. The van der Waals surface area contributed by atoms with Crippen LogP contribution in [-0.2, 0) is 0 Å². The molecule has 0 aliphatic heterocycles. The van der Waals surface area contributed by atoms with Crippen molar-refractivity contribution in [2.45, 2.75) is 6.92 Å². The average molecular weight is 274 g/mol. The van der Waals surface area contributed by atoms with Gasteiger partial charge in [0.05, 0.1) is 5.69 Å². The van der Waals surface area contributed by atoms with Crippen molar-refractivity contribution in [3.05, 3.63) is 42.0 Å². The molecule has 6 nitrogen and oxygen atoms in total. The molecule has 0 heterocycles. The third-order valence-corrected chi connectivity index (χ3v) is 2.72. The summed E-state index contributed by atoms with van der Waals surface area (Å²) in [6.07, 6.45) is 0. The van der Waals surface area contributed by atoms with Crippen LogP contribution in [0.15, 0.2) is 36.4 Å². The minimum absolute atomic E-state index is 0.156. The van der Waals surface area contributed by atoms with Gasteiger partial charge in [-0.3, -0.25) is 0 Å². The number of hydrogen-bond donors (Lipinski definition) is 5. The summed E-state index contributed by atoms with van der Waals surface area (Å²) < 4.78 is 0. The molecule has 5 N–H and O–H groups in total. The molecule has 0 spiro atoms. The summed E-state index contributed by atoms with van der Waals surface area (Å²) in [6, 6.07) is 8.99. The van der Waals surface area contributed by atoms with Gasteiger partial charge in [0.2, 0.25) is 0 Å². The van der Waals surface area contributed by atoms with E-state index in [0.717, 1.165) is 17.7 Å². The molecule has 0 atom stereocenters. The molecule has 2 aromatic rings. The van der Waals surface area contributed by atoms with E-state index in [2.05, 4.69) is 10.6 Å². The van der Waals surface area contributed by atoms with Gasteiger partial charge in [-0.15, -0.1) is 0 Å². The number of anilines is 2. The van der Waals surface area contributed by atoms with E-state index in [1.807, 2.05) is 19.1 Å². The predicted molar refractivity (Wildman–Crippen MR) is 75.3 cm³/mol. The minimum atomic E-state index is -0.630. The fourth-order valence-electron chi connectivity index (χ4n) is 1.67. The zero-order valence-corrected chi connectivity index (χ0v) is 10.7. The first-order valence-corrected chi connectivity index (χ1v) is 5.86. The number of nitrogens with one attached hydrogen (secondary N) is 2. The largest absolute Gasteiger partial charge is 0.504 e. The number of carbonyl (C=O) groups is 1. The molecule has 0 saturated heterocycles. The lowest BCUT2D eigenvalue weighted by atomic mass is 10.2. The number of hydrogen-bond acceptors (Lipinski definition) is 4. The fourth-order valence-corrected chi connectivity index (χ4v) is 1.67. The highest BCUT2D eigenvalue weighted by molar-refractivity contribution is 6.00. The molecule has 104 valence electrons. The predicted octanol–water partition coefficient (Wildman–Crippen LogP) is 2.76. The number of para-hydroxylation sites is 1. The van der Waals surface area contributed by atoms with Crippen LogP contribution in [0.5, 0.6) is 17.2 Å². The third-order valence-electron chi connectivity index (χ3n) is 2.72. The zero-order valence-electron chi connectivity index (χ0n) is 10.7. The Morgan fingerprint density at radius 3 is 2.20 bits per heavy atom. The summed E-state index contributed by atoms with van der Waals surface area (Å²) >= 11 is 0. The van der Waals surface area contributed by atoms with E-state index in [9.17, 15) is 20.1 Å². The van der Waals surface area contributed by atoms with Crippen molar-refractivity contribution in [1.29, 1.82) is 0 Å². The van der Waals surface area contributed by atoms with Gasteiger partial charge in [-0.1, -0.05) is 18.2 Å². The summed E-state index contributed by atoms with van der Waals surface area (Å²) in [6.45, 7) is 1.85. The Hall–Kier alpha value is -2.89. The summed E-state index contributed by atoms with van der Waals surface area (Å²) in [5, 5.41) is 33.0. The SMILES string of the molecule is Cc1ccccc1NC(=O)Nc1cc(O)c(O)c(O)c1. The van der Waals surface area contributed by atoms with E-state index in [-0.39, 0.29) is 5.69 Å². The number of benzene rings is 2. The van der Waals surface area contributed by atoms with E-state index in [4.69, 9.17) is 0 Å². The number of aryl methyl sites for hydroxylation is 1. The Morgan fingerprint density at radius 1 is 1.00 bits per heavy atom. The van der Waals surface area contributed by atoms with Crippen LogP contribution in [0.1, 0.15) is 5.56 Å². The number of carbonyl (C=O) groups excluding carboxylic acids is 1. The van der Waals surface area contributed by atoms with Crippen LogP contribution in [-0.4, -0.2) is 21.4 Å². The summed E-state index contributed by atoms with van der Waals surface area (Å²) in [5.74, 6) is -1.66. The van der Waals surface area contributed by atoms with Gasteiger partial charge in [-0.05, 0) is 18.6 Å². The lowest BCUT2D eigenvalue weighted by molar-refractivity contribution is 0.262. The van der Waals surface area contributed by atoms with Crippen LogP contribution < -0.4 is 10.6 Å². The van der Waals surface area contributed by atoms with E-state index in [1.54, 1.807) is 12.1 Å². The Balaban J connectivity index is 2.11. The molecule has 20 heavy (non-hydrogen) atoms. The van der Waals surface area contributed by atoms with Crippen molar-refractivity contribution < 1.29 is 20.1 Å². The number of amides is 2. The molecule has 0 aliphatic rings. The fraction of sp³-hybridized carbons (Fsp3) is 0.0714. The normalized spacial score (nSPS) is 10.1. The molecule has 0 fully saturated rings. The minimum Gasteiger partial charge on any atom is -0.504 e. The van der Waals surface area contributed by atoms with Crippen molar-refractivity contribution in [2.24, 2.45) is 0 Å². The standard InChI is InChI=1S/C14H14N2O4/c1-8-4-2-3-5-10(8)16-14(20)15-9-6-11(17)13(19)12(18)7-9/h2-7,17-19H,1H3,(H2,15,16,20). The number of phenolic OH excluding ortho intramolecular Hbond substituents is 3. The molecule has 2 amide bonds. The molecule has 0 unspecified atom stereocenters. The summed E-state index contributed by atoms with van der Waals surface area (Å²) in [4.78, 5) is 11.8. The van der Waals surface area contributed by atoms with Crippen LogP contribution in [0.3, 0.4) is 0 Å². The van der Waals surface area contributed by atoms with Gasteiger partial charge in [-0.2, -0.15) is 0 Å². The molecule has 0 saturated carbocycles. The topological polar surface area (TPSA) is 102 Å². The summed E-state index contributed by atoms with van der Waals surface area (Å²) in [7, 11) is 0. The monoisotopic (exact) mass is 274 g/mol. The van der Waals surface area contributed by atoms with Gasteiger partial charge in [-0.25, -0.2) is 4.79 Å². The molecular formula is C14H14N2O4. The highest BCUT2D eigenvalue weighted by Gasteiger charge is 2.10. The van der Waals surface area contributed by atoms with Crippen LogP contribution in [0, 0.1) is 6.92 Å². The Bertz CT molecular complexity index is 632. The van der Waals surface area contributed by atoms with Crippen molar-refractivity contribution in [3.63, 3.8) is 0 Å². The summed E-state index contributed by atoms with van der Waals surface area (Å²) in [5.41, 5.74) is 1.71. The highest BCUT2D eigenvalue weighted by atomic mass is 16.3. The Morgan fingerprint density at radius 2 is 1.60 bits per heavy atom. The Labute approximate surface area is 115 Å². The van der Waals surface area contributed by atoms with Gasteiger partial charge >= 0.3 is 6.03 Å². The lowest BCUT2D eigenvalue weighted by Crippen LogP contribution is -2.19. The van der Waals surface area contributed by atoms with Crippen LogP contribution in [0.2, 0.25) is 0 Å². The molecule has 0 aromatic heterocycles. The first-order chi connectivity index (χ1) is 9.47. The number of aromatic hydroxyl groups is 3. The second-order valence-electron chi connectivity index (χ2n) is 4.26. The third kappa shape index (κ3) is 2.92.